The lowest BCUT2D eigenvalue weighted by Crippen LogP contribution is -2.24. The van der Waals surface area contributed by atoms with Gasteiger partial charge in [0.1, 0.15) is 5.82 Å². The van der Waals surface area contributed by atoms with E-state index < -0.39 is 16.6 Å². The standard InChI is InChI=1S/C17H14ClFN2O3/c1-20(11-13-14(18)6-4-7-15(13)19)17(22)10-9-12-5-2-3-8-16(12)21(23)24/h2-10H,11H2,1H3/b10-9+. The topological polar surface area (TPSA) is 63.5 Å². The predicted octanol–water partition coefficient (Wildman–Crippen LogP) is 4.06. The van der Waals surface area contributed by atoms with Gasteiger partial charge in [0.05, 0.1) is 10.5 Å². The first kappa shape index (κ1) is 17.6. The summed E-state index contributed by atoms with van der Waals surface area (Å²) in [5.74, 6) is -0.919. The quantitative estimate of drug-likeness (QED) is 0.465. The summed E-state index contributed by atoms with van der Waals surface area (Å²) in [5, 5.41) is 11.2. The van der Waals surface area contributed by atoms with Gasteiger partial charge in [-0.1, -0.05) is 29.8 Å². The number of nitro groups is 1. The summed E-state index contributed by atoms with van der Waals surface area (Å²) >= 11 is 5.94. The number of amides is 1. The van der Waals surface area contributed by atoms with Gasteiger partial charge in [-0.25, -0.2) is 4.39 Å². The summed E-state index contributed by atoms with van der Waals surface area (Å²) in [6.07, 6.45) is 2.57. The molecular formula is C17H14ClFN2O3. The highest BCUT2D eigenvalue weighted by molar-refractivity contribution is 6.31. The van der Waals surface area contributed by atoms with Crippen LogP contribution < -0.4 is 0 Å². The number of nitro benzene ring substituents is 1. The Labute approximate surface area is 143 Å². The van der Waals surface area contributed by atoms with Crippen LogP contribution in [0.4, 0.5) is 10.1 Å². The summed E-state index contributed by atoms with van der Waals surface area (Å²) in [7, 11) is 1.49. The van der Waals surface area contributed by atoms with Crippen molar-refractivity contribution in [3.8, 4) is 0 Å². The minimum atomic E-state index is -0.521. The van der Waals surface area contributed by atoms with Crippen LogP contribution in [0.25, 0.3) is 6.08 Å². The normalized spacial score (nSPS) is 10.8. The molecule has 2 rings (SSSR count). The van der Waals surface area contributed by atoms with Gasteiger partial charge in [-0.2, -0.15) is 0 Å². The highest BCUT2D eigenvalue weighted by Gasteiger charge is 2.14. The Morgan fingerprint density at radius 2 is 2.00 bits per heavy atom. The van der Waals surface area contributed by atoms with Crippen molar-refractivity contribution in [2.75, 3.05) is 7.05 Å². The Balaban J connectivity index is 2.14. The molecule has 0 saturated carbocycles. The second-order valence-corrected chi connectivity index (χ2v) is 5.45. The van der Waals surface area contributed by atoms with E-state index in [4.69, 9.17) is 11.6 Å². The zero-order valence-corrected chi connectivity index (χ0v) is 13.5. The Kier molecular flexibility index (Phi) is 5.65. The van der Waals surface area contributed by atoms with Crippen LogP contribution in [0.5, 0.6) is 0 Å². The van der Waals surface area contributed by atoms with E-state index in [1.54, 1.807) is 18.2 Å². The number of nitrogens with zero attached hydrogens (tertiary/aromatic N) is 2. The molecule has 0 unspecified atom stereocenters. The van der Waals surface area contributed by atoms with Gasteiger partial charge < -0.3 is 4.90 Å². The van der Waals surface area contributed by atoms with Crippen LogP contribution in [0.2, 0.25) is 5.02 Å². The number of para-hydroxylation sites is 1. The van der Waals surface area contributed by atoms with Crippen molar-refractivity contribution in [3.05, 3.63) is 80.6 Å². The lowest BCUT2D eigenvalue weighted by molar-refractivity contribution is -0.385. The molecule has 0 atom stereocenters. The van der Waals surface area contributed by atoms with Gasteiger partial charge in [0.25, 0.3) is 5.69 Å². The van der Waals surface area contributed by atoms with Crippen molar-refractivity contribution in [1.29, 1.82) is 0 Å². The molecule has 0 spiro atoms. The van der Waals surface area contributed by atoms with Gasteiger partial charge in [-0.3, -0.25) is 14.9 Å². The van der Waals surface area contributed by atoms with Gasteiger partial charge in [0.15, 0.2) is 0 Å². The smallest absolute Gasteiger partial charge is 0.276 e. The third-order valence-electron chi connectivity index (χ3n) is 3.37. The molecule has 0 saturated heterocycles. The maximum absolute atomic E-state index is 13.8. The van der Waals surface area contributed by atoms with Crippen LogP contribution in [0.1, 0.15) is 11.1 Å². The van der Waals surface area contributed by atoms with Crippen molar-refractivity contribution < 1.29 is 14.1 Å². The van der Waals surface area contributed by atoms with Crippen molar-refractivity contribution in [2.24, 2.45) is 0 Å². The van der Waals surface area contributed by atoms with E-state index in [-0.39, 0.29) is 22.8 Å². The van der Waals surface area contributed by atoms with Crippen LogP contribution in [-0.2, 0) is 11.3 Å². The van der Waals surface area contributed by atoms with Crippen molar-refractivity contribution >= 4 is 29.3 Å². The average molecular weight is 349 g/mol. The molecule has 0 aliphatic carbocycles. The monoisotopic (exact) mass is 348 g/mol. The number of hydrogen-bond acceptors (Lipinski definition) is 3. The summed E-state index contributed by atoms with van der Waals surface area (Å²) in [6.45, 7) is -0.00837. The predicted molar refractivity (Wildman–Crippen MR) is 90.0 cm³/mol. The van der Waals surface area contributed by atoms with E-state index in [0.717, 1.165) is 0 Å². The molecule has 2 aromatic rings. The van der Waals surface area contributed by atoms with Gasteiger partial charge in [-0.05, 0) is 24.3 Å². The van der Waals surface area contributed by atoms with Gasteiger partial charge >= 0.3 is 0 Å². The Bertz CT molecular complexity index is 788. The lowest BCUT2D eigenvalue weighted by Gasteiger charge is -2.16. The third kappa shape index (κ3) is 4.17. The minimum absolute atomic E-state index is 0.00837. The Hall–Kier alpha value is -2.73. The number of carbonyl (C=O) groups is 1. The van der Waals surface area contributed by atoms with Crippen molar-refractivity contribution in [2.45, 2.75) is 6.54 Å². The Morgan fingerprint density at radius 3 is 2.67 bits per heavy atom. The molecule has 2 aromatic carbocycles. The molecule has 124 valence electrons. The first-order valence-electron chi connectivity index (χ1n) is 6.99. The van der Waals surface area contributed by atoms with E-state index in [2.05, 4.69) is 0 Å². The van der Waals surface area contributed by atoms with Crippen LogP contribution in [0.15, 0.2) is 48.5 Å². The first-order valence-corrected chi connectivity index (χ1v) is 7.37. The number of likely N-dealkylation sites (N-methyl/N-ethyl adjacent to an activating group) is 1. The first-order chi connectivity index (χ1) is 11.4. The van der Waals surface area contributed by atoms with E-state index in [1.165, 1.54) is 48.4 Å². The summed E-state index contributed by atoms with van der Waals surface area (Å²) in [5.41, 5.74) is 0.434. The fraction of sp³-hybridized carbons (Fsp3) is 0.118. The second-order valence-electron chi connectivity index (χ2n) is 5.04. The van der Waals surface area contributed by atoms with Crippen molar-refractivity contribution in [3.63, 3.8) is 0 Å². The Morgan fingerprint density at radius 1 is 1.29 bits per heavy atom. The SMILES string of the molecule is CN(Cc1c(F)cccc1Cl)C(=O)/C=C/c1ccccc1[N+](=O)[O-]. The van der Waals surface area contributed by atoms with Crippen LogP contribution in [0.3, 0.4) is 0 Å². The molecule has 0 aliphatic heterocycles. The molecule has 5 nitrogen and oxygen atoms in total. The third-order valence-corrected chi connectivity index (χ3v) is 3.73. The fourth-order valence-corrected chi connectivity index (χ4v) is 2.30. The molecule has 0 N–H and O–H groups in total. The number of benzene rings is 2. The van der Waals surface area contributed by atoms with Gasteiger partial charge in [-0.15, -0.1) is 0 Å². The van der Waals surface area contributed by atoms with E-state index in [1.807, 2.05) is 0 Å². The minimum Gasteiger partial charge on any atom is -0.338 e. The van der Waals surface area contributed by atoms with Crippen LogP contribution in [0, 0.1) is 15.9 Å². The van der Waals surface area contributed by atoms with Crippen LogP contribution >= 0.6 is 11.6 Å². The van der Waals surface area contributed by atoms with Gasteiger partial charge in [0, 0.05) is 36.3 Å². The maximum atomic E-state index is 13.8. The largest absolute Gasteiger partial charge is 0.338 e. The average Bonchev–Trinajstić information content (AvgIpc) is 2.56. The molecule has 0 fully saturated rings. The number of rotatable bonds is 5. The van der Waals surface area contributed by atoms with Crippen LogP contribution in [-0.4, -0.2) is 22.8 Å². The molecular weight excluding hydrogens is 335 g/mol. The van der Waals surface area contributed by atoms with E-state index in [9.17, 15) is 19.3 Å². The second kappa shape index (κ2) is 7.70. The highest BCUT2D eigenvalue weighted by Crippen LogP contribution is 2.21. The van der Waals surface area contributed by atoms with E-state index in [0.29, 0.717) is 5.56 Å². The molecule has 0 aromatic heterocycles. The molecule has 0 radical (unpaired) electrons. The molecule has 0 aliphatic rings. The summed E-state index contributed by atoms with van der Waals surface area (Å²) < 4.78 is 13.8. The zero-order valence-electron chi connectivity index (χ0n) is 12.8. The molecule has 0 bridgehead atoms. The number of carbonyl (C=O) groups excluding carboxylic acids is 1. The molecule has 0 heterocycles. The highest BCUT2D eigenvalue weighted by atomic mass is 35.5. The van der Waals surface area contributed by atoms with Gasteiger partial charge in [0.2, 0.25) is 5.91 Å². The van der Waals surface area contributed by atoms with Crippen molar-refractivity contribution in [1.82, 2.24) is 4.90 Å². The molecule has 1 amide bonds. The number of halogens is 2. The summed E-state index contributed by atoms with van der Waals surface area (Å²) in [4.78, 5) is 23.8. The molecule has 7 heteroatoms. The van der Waals surface area contributed by atoms with E-state index >= 15 is 0 Å². The maximum Gasteiger partial charge on any atom is 0.276 e. The molecule has 24 heavy (non-hydrogen) atoms. The lowest BCUT2D eigenvalue weighted by atomic mass is 10.1. The fourth-order valence-electron chi connectivity index (χ4n) is 2.08. The zero-order chi connectivity index (χ0) is 17.7. The number of hydrogen-bond donors (Lipinski definition) is 0. The summed E-state index contributed by atoms with van der Waals surface area (Å²) in [6, 6.07) is 10.4.